The van der Waals surface area contributed by atoms with Crippen LogP contribution >= 0.6 is 12.1 Å². The summed E-state index contributed by atoms with van der Waals surface area (Å²) >= 11 is 1.84. The van der Waals surface area contributed by atoms with Crippen molar-refractivity contribution in [2.75, 3.05) is 19.6 Å². The van der Waals surface area contributed by atoms with Gasteiger partial charge in [-0.05, 0) is 25.2 Å². The van der Waals surface area contributed by atoms with Crippen LogP contribution in [0.2, 0.25) is 0 Å². The van der Waals surface area contributed by atoms with Crippen molar-refractivity contribution in [2.24, 2.45) is 5.92 Å². The number of hydrogen-bond donors (Lipinski definition) is 0. The first kappa shape index (κ1) is 16.9. The fourth-order valence-corrected chi connectivity index (χ4v) is 2.50. The lowest BCUT2D eigenvalue weighted by atomic mass is 10.1. The van der Waals surface area contributed by atoms with Crippen molar-refractivity contribution < 1.29 is 0 Å². The average molecular weight is 258 g/mol. The molecule has 2 nitrogen and oxygen atoms in total. The Morgan fingerprint density at radius 3 is 2.29 bits per heavy atom. The van der Waals surface area contributed by atoms with Gasteiger partial charge in [0.2, 0.25) is 0 Å². The Labute approximate surface area is 113 Å². The van der Waals surface area contributed by atoms with Gasteiger partial charge in [-0.25, -0.2) is 4.31 Å². The van der Waals surface area contributed by atoms with Gasteiger partial charge in [0.15, 0.2) is 0 Å². The van der Waals surface area contributed by atoms with Crippen LogP contribution in [0.15, 0.2) is 12.8 Å². The van der Waals surface area contributed by atoms with Crippen molar-refractivity contribution in [2.45, 2.75) is 53.4 Å². The molecule has 0 rings (SSSR count). The molecule has 0 unspecified atom stereocenters. The lowest BCUT2D eigenvalue weighted by Crippen LogP contribution is -2.25. The summed E-state index contributed by atoms with van der Waals surface area (Å²) in [5.41, 5.74) is 0. The number of hydrogen-bond acceptors (Lipinski definition) is 3. The first-order valence-electron chi connectivity index (χ1n) is 6.96. The molecule has 17 heavy (non-hydrogen) atoms. The van der Waals surface area contributed by atoms with Crippen molar-refractivity contribution in [1.29, 1.82) is 0 Å². The summed E-state index contributed by atoms with van der Waals surface area (Å²) in [5.74, 6) is 0.780. The molecule has 0 saturated carbocycles. The second kappa shape index (κ2) is 11.0. The molecule has 0 fully saturated rings. The van der Waals surface area contributed by atoms with E-state index in [-0.39, 0.29) is 0 Å². The minimum atomic E-state index is 0.780. The molecule has 0 atom stereocenters. The molecule has 102 valence electrons. The smallest absolute Gasteiger partial charge is 0.0394 e. The Morgan fingerprint density at radius 2 is 1.82 bits per heavy atom. The van der Waals surface area contributed by atoms with Crippen molar-refractivity contribution in [3.8, 4) is 0 Å². The van der Waals surface area contributed by atoms with E-state index >= 15 is 0 Å². The molecule has 3 heteroatoms. The van der Waals surface area contributed by atoms with E-state index in [2.05, 4.69) is 42.9 Å². The molecule has 0 saturated heterocycles. The van der Waals surface area contributed by atoms with Crippen LogP contribution in [-0.2, 0) is 0 Å². The summed E-state index contributed by atoms with van der Waals surface area (Å²) in [6, 6.07) is 0. The van der Waals surface area contributed by atoms with E-state index in [1.807, 2.05) is 18.3 Å². The normalized spacial score (nSPS) is 11.2. The highest BCUT2D eigenvalue weighted by molar-refractivity contribution is 7.94. The second-order valence-electron chi connectivity index (χ2n) is 4.87. The van der Waals surface area contributed by atoms with E-state index in [1.54, 1.807) is 0 Å². The highest BCUT2D eigenvalue weighted by atomic mass is 32.2. The van der Waals surface area contributed by atoms with E-state index in [0.29, 0.717) is 0 Å². The molecule has 0 amide bonds. The third-order valence-corrected chi connectivity index (χ3v) is 3.72. The fourth-order valence-electron chi connectivity index (χ4n) is 1.47. The van der Waals surface area contributed by atoms with Gasteiger partial charge in [0.1, 0.15) is 0 Å². The monoisotopic (exact) mass is 258 g/mol. The molecular formula is C14H30N2S. The van der Waals surface area contributed by atoms with Gasteiger partial charge in [0.05, 0.1) is 0 Å². The van der Waals surface area contributed by atoms with Gasteiger partial charge in [0, 0.05) is 38.0 Å². The number of unbranched alkanes of at least 4 members (excludes halogenated alkanes) is 1. The topological polar surface area (TPSA) is 6.48 Å². The van der Waals surface area contributed by atoms with E-state index in [0.717, 1.165) is 19.0 Å². The highest BCUT2D eigenvalue weighted by Crippen LogP contribution is 2.19. The van der Waals surface area contributed by atoms with Crippen LogP contribution in [0.1, 0.15) is 53.4 Å². The fraction of sp³-hybridized carbons (Fsp3) is 0.857. The molecule has 0 aromatic heterocycles. The largest absolute Gasteiger partial charge is 0.311 e. The predicted molar refractivity (Wildman–Crippen MR) is 80.7 cm³/mol. The van der Waals surface area contributed by atoms with Gasteiger partial charge in [-0.2, -0.15) is 0 Å². The standard InChI is InChI=1S/C14H30N2S/c1-6-9-12-15(8-3)17-16(11-7-2)13-10-14(4)5/h8,14H,3,6-7,9-13H2,1-2,4-5H3. The summed E-state index contributed by atoms with van der Waals surface area (Å²) in [6.45, 7) is 16.4. The molecule has 0 radical (unpaired) electrons. The predicted octanol–water partition coefficient (Wildman–Crippen LogP) is 4.55. The molecule has 0 heterocycles. The Morgan fingerprint density at radius 1 is 1.12 bits per heavy atom. The van der Waals surface area contributed by atoms with Crippen molar-refractivity contribution >= 4 is 12.1 Å². The number of nitrogens with zero attached hydrogens (tertiary/aromatic N) is 2. The van der Waals surface area contributed by atoms with Gasteiger partial charge in [-0.3, -0.25) is 0 Å². The molecule has 0 aromatic rings. The van der Waals surface area contributed by atoms with Crippen LogP contribution in [0.5, 0.6) is 0 Å². The molecule has 0 N–H and O–H groups in total. The maximum atomic E-state index is 3.90. The molecule has 0 spiro atoms. The maximum Gasteiger partial charge on any atom is 0.0394 e. The molecule has 0 aliphatic rings. The van der Waals surface area contributed by atoms with Crippen LogP contribution < -0.4 is 0 Å². The van der Waals surface area contributed by atoms with Crippen LogP contribution in [0, 0.1) is 5.92 Å². The first-order valence-corrected chi connectivity index (χ1v) is 7.69. The summed E-state index contributed by atoms with van der Waals surface area (Å²) < 4.78 is 4.73. The van der Waals surface area contributed by atoms with Gasteiger partial charge in [0.25, 0.3) is 0 Å². The third kappa shape index (κ3) is 9.54. The van der Waals surface area contributed by atoms with E-state index in [9.17, 15) is 0 Å². The Kier molecular flexibility index (Phi) is 10.9. The van der Waals surface area contributed by atoms with Gasteiger partial charge < -0.3 is 4.31 Å². The van der Waals surface area contributed by atoms with Gasteiger partial charge >= 0.3 is 0 Å². The Bertz CT molecular complexity index is 183. The SMILES string of the molecule is C=CN(CCCC)SN(CCC)CCC(C)C. The molecule has 0 aliphatic heterocycles. The summed E-state index contributed by atoms with van der Waals surface area (Å²) in [5, 5.41) is 0. The molecular weight excluding hydrogens is 228 g/mol. The van der Waals surface area contributed by atoms with Crippen LogP contribution in [-0.4, -0.2) is 28.2 Å². The Hall–Kier alpha value is -0.150. The summed E-state index contributed by atoms with van der Waals surface area (Å²) in [7, 11) is 0. The first-order chi connectivity index (χ1) is 8.13. The van der Waals surface area contributed by atoms with Crippen LogP contribution in [0.25, 0.3) is 0 Å². The Balaban J connectivity index is 4.04. The maximum absolute atomic E-state index is 3.90. The minimum absolute atomic E-state index is 0.780. The van der Waals surface area contributed by atoms with Gasteiger partial charge in [-0.1, -0.05) is 40.7 Å². The molecule has 0 aliphatic carbocycles. The van der Waals surface area contributed by atoms with E-state index in [1.165, 1.54) is 32.2 Å². The summed E-state index contributed by atoms with van der Waals surface area (Å²) in [4.78, 5) is 0. The molecule has 0 aromatic carbocycles. The zero-order valence-electron chi connectivity index (χ0n) is 12.1. The third-order valence-electron chi connectivity index (χ3n) is 2.58. The van der Waals surface area contributed by atoms with E-state index in [4.69, 9.17) is 0 Å². The van der Waals surface area contributed by atoms with E-state index < -0.39 is 0 Å². The number of rotatable bonds is 11. The zero-order valence-corrected chi connectivity index (χ0v) is 12.9. The highest BCUT2D eigenvalue weighted by Gasteiger charge is 2.09. The average Bonchev–Trinajstić information content (AvgIpc) is 2.31. The van der Waals surface area contributed by atoms with Gasteiger partial charge in [-0.15, -0.1) is 0 Å². The second-order valence-corrected chi connectivity index (χ2v) is 6.02. The summed E-state index contributed by atoms with van der Waals surface area (Å²) in [6.07, 6.45) is 6.92. The zero-order chi connectivity index (χ0) is 13.1. The molecule has 0 bridgehead atoms. The van der Waals surface area contributed by atoms with Crippen molar-refractivity contribution in [1.82, 2.24) is 8.61 Å². The lowest BCUT2D eigenvalue weighted by Gasteiger charge is -2.27. The van der Waals surface area contributed by atoms with Crippen LogP contribution in [0.4, 0.5) is 0 Å². The lowest BCUT2D eigenvalue weighted by molar-refractivity contribution is 0.404. The van der Waals surface area contributed by atoms with Crippen LogP contribution in [0.3, 0.4) is 0 Å². The minimum Gasteiger partial charge on any atom is -0.311 e. The van der Waals surface area contributed by atoms with Crippen molar-refractivity contribution in [3.05, 3.63) is 12.8 Å². The van der Waals surface area contributed by atoms with Crippen molar-refractivity contribution in [3.63, 3.8) is 0 Å². The quantitative estimate of drug-likeness (QED) is 0.502.